The summed E-state index contributed by atoms with van der Waals surface area (Å²) in [5, 5.41) is 17.3. The second-order valence-corrected chi connectivity index (χ2v) is 7.78. The van der Waals surface area contributed by atoms with E-state index in [2.05, 4.69) is 25.8 Å². The molecule has 0 bridgehead atoms. The number of nitrogens with one attached hydrogen (secondary N) is 3. The molecule has 0 unspecified atom stereocenters. The fourth-order valence-corrected chi connectivity index (χ4v) is 3.29. The molecule has 0 saturated carbocycles. The Hall–Kier alpha value is -5.26. The third-order valence-electron chi connectivity index (χ3n) is 5.16. The van der Waals surface area contributed by atoms with Crippen molar-refractivity contribution in [3.63, 3.8) is 0 Å². The van der Waals surface area contributed by atoms with Gasteiger partial charge in [0, 0.05) is 36.0 Å². The first-order chi connectivity index (χ1) is 18.0. The van der Waals surface area contributed by atoms with E-state index in [1.54, 1.807) is 30.5 Å². The molecule has 2 amide bonds. The molecule has 37 heavy (non-hydrogen) atoms. The van der Waals surface area contributed by atoms with Gasteiger partial charge in [0.2, 0.25) is 0 Å². The molecule has 12 heteroatoms. The van der Waals surface area contributed by atoms with Crippen LogP contribution in [0.2, 0.25) is 0 Å². The summed E-state index contributed by atoms with van der Waals surface area (Å²) < 4.78 is 10.9. The Balaban J connectivity index is 1.35. The molecule has 4 rings (SSSR count). The van der Waals surface area contributed by atoms with Gasteiger partial charge >= 0.3 is 6.09 Å². The molecule has 3 N–H and O–H groups in total. The smallest absolute Gasteiger partial charge is 0.408 e. The molecular weight excluding hydrogens is 480 g/mol. The lowest BCUT2D eigenvalue weighted by molar-refractivity contribution is -0.384. The molecule has 188 valence electrons. The van der Waals surface area contributed by atoms with Gasteiger partial charge in [-0.25, -0.2) is 15.2 Å². The average molecular weight is 502 g/mol. The van der Waals surface area contributed by atoms with Crippen LogP contribution in [0.5, 0.6) is 0 Å². The van der Waals surface area contributed by atoms with Crippen molar-refractivity contribution in [2.75, 3.05) is 0 Å². The molecule has 0 fully saturated rings. The van der Waals surface area contributed by atoms with Gasteiger partial charge in [-0.3, -0.25) is 14.9 Å². The number of nitrogens with zero attached hydrogens (tertiary/aromatic N) is 3. The fraction of sp³-hybridized carbons (Fsp3) is 0.120. The zero-order valence-electron chi connectivity index (χ0n) is 19.4. The van der Waals surface area contributed by atoms with Gasteiger partial charge in [0.15, 0.2) is 0 Å². The van der Waals surface area contributed by atoms with Crippen molar-refractivity contribution in [2.24, 2.45) is 5.10 Å². The Kier molecular flexibility index (Phi) is 8.01. The number of furan rings is 1. The Morgan fingerprint density at radius 1 is 1.14 bits per heavy atom. The van der Waals surface area contributed by atoms with E-state index in [0.29, 0.717) is 22.8 Å². The SMILES string of the molecule is O=C(N[C@@H](Cc1cnc[nH]1)C(=O)N/N=C\c1ccc(-c2ccc([N+](=O)[O-])cc2)o1)OCc1ccccc1. The van der Waals surface area contributed by atoms with E-state index in [1.165, 1.54) is 24.7 Å². The van der Waals surface area contributed by atoms with Gasteiger partial charge in [0.1, 0.15) is 24.2 Å². The summed E-state index contributed by atoms with van der Waals surface area (Å²) in [4.78, 5) is 42.2. The van der Waals surface area contributed by atoms with E-state index in [4.69, 9.17) is 9.15 Å². The monoisotopic (exact) mass is 502 g/mol. The molecule has 4 aromatic rings. The third kappa shape index (κ3) is 7.11. The van der Waals surface area contributed by atoms with Crippen LogP contribution in [0.3, 0.4) is 0 Å². The number of carbonyl (C=O) groups is 2. The maximum atomic E-state index is 12.8. The summed E-state index contributed by atoms with van der Waals surface area (Å²) in [7, 11) is 0. The first kappa shape index (κ1) is 24.9. The number of hydrogen-bond acceptors (Lipinski definition) is 8. The van der Waals surface area contributed by atoms with Crippen LogP contribution in [-0.2, 0) is 22.6 Å². The first-order valence-electron chi connectivity index (χ1n) is 11.1. The molecule has 2 aromatic carbocycles. The van der Waals surface area contributed by atoms with Crippen molar-refractivity contribution >= 4 is 23.9 Å². The number of nitro benzene ring substituents is 1. The fourth-order valence-electron chi connectivity index (χ4n) is 3.29. The number of aromatic amines is 1. The summed E-state index contributed by atoms with van der Waals surface area (Å²) in [6, 6.07) is 17.4. The Morgan fingerprint density at radius 2 is 1.92 bits per heavy atom. The van der Waals surface area contributed by atoms with Crippen molar-refractivity contribution in [1.82, 2.24) is 20.7 Å². The molecule has 0 saturated heterocycles. The summed E-state index contributed by atoms with van der Waals surface area (Å²) >= 11 is 0. The predicted molar refractivity (Wildman–Crippen MR) is 132 cm³/mol. The zero-order valence-corrected chi connectivity index (χ0v) is 19.4. The van der Waals surface area contributed by atoms with Crippen molar-refractivity contribution in [2.45, 2.75) is 19.1 Å². The van der Waals surface area contributed by atoms with E-state index in [1.807, 2.05) is 30.3 Å². The molecule has 0 radical (unpaired) electrons. The highest BCUT2D eigenvalue weighted by Gasteiger charge is 2.22. The molecule has 0 aliphatic rings. The molecular formula is C25H22N6O6. The van der Waals surface area contributed by atoms with Gasteiger partial charge in [0.25, 0.3) is 11.6 Å². The number of alkyl carbamates (subject to hydrolysis) is 1. The van der Waals surface area contributed by atoms with Crippen LogP contribution < -0.4 is 10.7 Å². The van der Waals surface area contributed by atoms with Crippen LogP contribution in [0.25, 0.3) is 11.3 Å². The summed E-state index contributed by atoms with van der Waals surface area (Å²) in [5.41, 5.74) is 4.44. The number of H-pyrrole nitrogens is 1. The van der Waals surface area contributed by atoms with Crippen molar-refractivity contribution in [3.05, 3.63) is 106 Å². The maximum absolute atomic E-state index is 12.8. The second kappa shape index (κ2) is 11.9. The second-order valence-electron chi connectivity index (χ2n) is 7.78. The number of amides is 2. The first-order valence-corrected chi connectivity index (χ1v) is 11.1. The standard InChI is InChI=1S/C25H22N6O6/c32-24(30-28-14-21-10-11-23(37-21)18-6-8-20(9-7-18)31(34)35)22(12-19-13-26-16-27-19)29-25(33)36-15-17-4-2-1-3-5-17/h1-11,13-14,16,22H,12,15H2,(H,26,27)(H,29,33)(H,30,32)/b28-14-/t22-/m0/s1. The molecule has 0 aliphatic carbocycles. The number of ether oxygens (including phenoxy) is 1. The van der Waals surface area contributed by atoms with Crippen LogP contribution in [0.1, 0.15) is 17.0 Å². The number of hydrazone groups is 1. The Bertz CT molecular complexity index is 1370. The lowest BCUT2D eigenvalue weighted by Gasteiger charge is -2.16. The van der Waals surface area contributed by atoms with E-state index >= 15 is 0 Å². The van der Waals surface area contributed by atoms with Gasteiger partial charge in [0.05, 0.1) is 17.5 Å². The molecule has 2 heterocycles. The van der Waals surface area contributed by atoms with Crippen LogP contribution in [0.15, 0.2) is 88.8 Å². The van der Waals surface area contributed by atoms with Gasteiger partial charge in [-0.15, -0.1) is 0 Å². The van der Waals surface area contributed by atoms with Gasteiger partial charge in [-0.05, 0) is 29.8 Å². The van der Waals surface area contributed by atoms with Crippen LogP contribution in [0.4, 0.5) is 10.5 Å². The molecule has 0 aliphatic heterocycles. The number of benzene rings is 2. The number of nitro groups is 1. The normalized spacial score (nSPS) is 11.7. The highest BCUT2D eigenvalue weighted by atomic mass is 16.6. The summed E-state index contributed by atoms with van der Waals surface area (Å²) in [5.74, 6) is 0.237. The van der Waals surface area contributed by atoms with E-state index < -0.39 is 23.0 Å². The lowest BCUT2D eigenvalue weighted by Crippen LogP contribution is -2.47. The quantitative estimate of drug-likeness (QED) is 0.169. The maximum Gasteiger partial charge on any atom is 0.408 e. The minimum absolute atomic E-state index is 0.0259. The summed E-state index contributed by atoms with van der Waals surface area (Å²) in [6.07, 6.45) is 3.69. The van der Waals surface area contributed by atoms with Gasteiger partial charge in [-0.2, -0.15) is 5.10 Å². The van der Waals surface area contributed by atoms with Crippen LogP contribution in [-0.4, -0.2) is 39.1 Å². The zero-order chi connectivity index (χ0) is 26.0. The number of imidazole rings is 1. The predicted octanol–water partition coefficient (Wildman–Crippen LogP) is 3.57. The lowest BCUT2D eigenvalue weighted by atomic mass is 10.1. The number of rotatable bonds is 10. The van der Waals surface area contributed by atoms with Crippen LogP contribution >= 0.6 is 0 Å². The number of aromatic nitrogens is 2. The molecule has 2 aromatic heterocycles. The van der Waals surface area contributed by atoms with Gasteiger partial charge < -0.3 is 19.5 Å². The van der Waals surface area contributed by atoms with Crippen molar-refractivity contribution in [3.8, 4) is 11.3 Å². The highest BCUT2D eigenvalue weighted by molar-refractivity contribution is 5.87. The average Bonchev–Trinajstić information content (AvgIpc) is 3.60. The van der Waals surface area contributed by atoms with E-state index in [0.717, 1.165) is 5.56 Å². The Morgan fingerprint density at radius 3 is 2.62 bits per heavy atom. The third-order valence-corrected chi connectivity index (χ3v) is 5.16. The summed E-state index contributed by atoms with van der Waals surface area (Å²) in [6.45, 7) is 0.0544. The molecule has 12 nitrogen and oxygen atoms in total. The van der Waals surface area contributed by atoms with E-state index in [9.17, 15) is 19.7 Å². The van der Waals surface area contributed by atoms with Crippen molar-refractivity contribution < 1.29 is 23.7 Å². The van der Waals surface area contributed by atoms with Crippen molar-refractivity contribution in [1.29, 1.82) is 0 Å². The molecule has 0 spiro atoms. The topological polar surface area (TPSA) is 165 Å². The van der Waals surface area contributed by atoms with Gasteiger partial charge in [-0.1, -0.05) is 30.3 Å². The number of hydrogen-bond donors (Lipinski definition) is 3. The number of non-ortho nitro benzene ring substituents is 1. The Labute approximate surface area is 210 Å². The minimum Gasteiger partial charge on any atom is -0.455 e. The minimum atomic E-state index is -0.992. The number of carbonyl (C=O) groups excluding carboxylic acids is 2. The largest absolute Gasteiger partial charge is 0.455 e. The van der Waals surface area contributed by atoms with E-state index in [-0.39, 0.29) is 18.7 Å². The van der Waals surface area contributed by atoms with Crippen LogP contribution in [0, 0.1) is 10.1 Å². The molecule has 1 atom stereocenters. The highest BCUT2D eigenvalue weighted by Crippen LogP contribution is 2.24.